The Morgan fingerprint density at radius 2 is 1.78 bits per heavy atom. The quantitative estimate of drug-likeness (QED) is 0.593. The molecule has 1 atom stereocenters. The van der Waals surface area contributed by atoms with Crippen molar-refractivity contribution in [2.24, 2.45) is 5.92 Å². The van der Waals surface area contributed by atoms with Crippen LogP contribution in [-0.2, 0) is 0 Å². The Hall–Kier alpha value is -0.0800. The second-order valence-electron chi connectivity index (χ2n) is 2.81. The summed E-state index contributed by atoms with van der Waals surface area (Å²) in [5.41, 5.74) is 0. The first kappa shape index (κ1) is 8.92. The zero-order valence-electron chi connectivity index (χ0n) is 6.17. The lowest BCUT2D eigenvalue weighted by atomic mass is 10.1. The van der Waals surface area contributed by atoms with E-state index in [2.05, 4.69) is 13.8 Å². The molecule has 0 spiro atoms. The highest BCUT2D eigenvalue weighted by atomic mass is 16.3. The fraction of sp³-hybridized carbons (Fsp3) is 1.00. The van der Waals surface area contributed by atoms with Crippen LogP contribution in [0.5, 0.6) is 0 Å². The third kappa shape index (κ3) is 5.80. The van der Waals surface area contributed by atoms with Gasteiger partial charge in [-0.05, 0) is 18.8 Å². The van der Waals surface area contributed by atoms with Crippen LogP contribution in [0.1, 0.15) is 26.7 Å². The fourth-order valence-corrected chi connectivity index (χ4v) is 0.617. The van der Waals surface area contributed by atoms with Crippen molar-refractivity contribution in [1.82, 2.24) is 0 Å². The van der Waals surface area contributed by atoms with Crippen LogP contribution in [0, 0.1) is 5.92 Å². The number of hydrogen-bond donors (Lipinski definition) is 2. The summed E-state index contributed by atoms with van der Waals surface area (Å²) < 4.78 is 0. The van der Waals surface area contributed by atoms with Crippen molar-refractivity contribution in [3.8, 4) is 0 Å². The molecule has 0 aliphatic heterocycles. The Morgan fingerprint density at radius 1 is 1.22 bits per heavy atom. The summed E-state index contributed by atoms with van der Waals surface area (Å²) in [5.74, 6) is 0.617. The van der Waals surface area contributed by atoms with Gasteiger partial charge in [0.15, 0.2) is 0 Å². The van der Waals surface area contributed by atoms with Crippen molar-refractivity contribution in [1.29, 1.82) is 0 Å². The normalized spacial score (nSPS) is 14.3. The second kappa shape index (κ2) is 4.77. The van der Waals surface area contributed by atoms with E-state index in [1.54, 1.807) is 0 Å². The van der Waals surface area contributed by atoms with Crippen molar-refractivity contribution in [2.45, 2.75) is 32.8 Å². The highest BCUT2D eigenvalue weighted by molar-refractivity contribution is 4.54. The molecule has 56 valence electrons. The minimum atomic E-state index is -0.507. The molecule has 2 nitrogen and oxygen atoms in total. The van der Waals surface area contributed by atoms with E-state index >= 15 is 0 Å². The van der Waals surface area contributed by atoms with Gasteiger partial charge < -0.3 is 10.2 Å². The molecule has 0 amide bonds. The molecule has 0 aliphatic carbocycles. The molecular formula is C7H16O2. The van der Waals surface area contributed by atoms with Crippen LogP contribution in [-0.4, -0.2) is 22.9 Å². The highest BCUT2D eigenvalue weighted by Gasteiger charge is 2.02. The Bertz CT molecular complexity index is 61.9. The predicted octanol–water partition coefficient (Wildman–Crippen LogP) is 0.776. The van der Waals surface area contributed by atoms with Gasteiger partial charge in [0.2, 0.25) is 0 Å². The minimum absolute atomic E-state index is 0.104. The molecule has 0 heterocycles. The molecule has 0 rings (SSSR count). The SMILES string of the molecule is CC(C)CC[C@@H](O)CO. The zero-order valence-corrected chi connectivity index (χ0v) is 6.17. The van der Waals surface area contributed by atoms with Gasteiger partial charge in [0.25, 0.3) is 0 Å². The van der Waals surface area contributed by atoms with E-state index in [9.17, 15) is 0 Å². The maximum Gasteiger partial charge on any atom is 0.0771 e. The van der Waals surface area contributed by atoms with E-state index in [1.165, 1.54) is 0 Å². The molecule has 0 saturated carbocycles. The van der Waals surface area contributed by atoms with Crippen LogP contribution in [0.15, 0.2) is 0 Å². The Morgan fingerprint density at radius 3 is 2.11 bits per heavy atom. The molecule has 9 heavy (non-hydrogen) atoms. The summed E-state index contributed by atoms with van der Waals surface area (Å²) in [5, 5.41) is 17.3. The Labute approximate surface area is 56.5 Å². The molecule has 2 heteroatoms. The second-order valence-corrected chi connectivity index (χ2v) is 2.81. The molecule has 0 radical (unpaired) electrons. The molecule has 0 saturated heterocycles. The van der Waals surface area contributed by atoms with E-state index < -0.39 is 6.10 Å². The first-order chi connectivity index (χ1) is 4.16. The van der Waals surface area contributed by atoms with Crippen LogP contribution in [0.25, 0.3) is 0 Å². The van der Waals surface area contributed by atoms with Gasteiger partial charge in [-0.3, -0.25) is 0 Å². The van der Waals surface area contributed by atoms with E-state index in [1.807, 2.05) is 0 Å². The number of rotatable bonds is 4. The van der Waals surface area contributed by atoms with Crippen LogP contribution < -0.4 is 0 Å². The van der Waals surface area contributed by atoms with Gasteiger partial charge in [-0.1, -0.05) is 13.8 Å². The largest absolute Gasteiger partial charge is 0.394 e. The predicted molar refractivity (Wildman–Crippen MR) is 37.2 cm³/mol. The monoisotopic (exact) mass is 132 g/mol. The first-order valence-electron chi connectivity index (χ1n) is 3.45. The summed E-state index contributed by atoms with van der Waals surface area (Å²) >= 11 is 0. The summed E-state index contributed by atoms with van der Waals surface area (Å²) in [6.45, 7) is 4.10. The molecule has 2 N–H and O–H groups in total. The van der Waals surface area contributed by atoms with Gasteiger partial charge in [-0.15, -0.1) is 0 Å². The van der Waals surface area contributed by atoms with Crippen molar-refractivity contribution in [2.75, 3.05) is 6.61 Å². The lowest BCUT2D eigenvalue weighted by Crippen LogP contribution is -2.12. The van der Waals surface area contributed by atoms with E-state index in [0.29, 0.717) is 12.3 Å². The standard InChI is InChI=1S/C7H16O2/c1-6(2)3-4-7(9)5-8/h6-9H,3-5H2,1-2H3/t7-/m1/s1. The van der Waals surface area contributed by atoms with E-state index in [0.717, 1.165) is 6.42 Å². The van der Waals surface area contributed by atoms with Gasteiger partial charge in [0, 0.05) is 0 Å². The summed E-state index contributed by atoms with van der Waals surface area (Å²) in [4.78, 5) is 0. The lowest BCUT2D eigenvalue weighted by molar-refractivity contribution is 0.0837. The molecule has 0 fully saturated rings. The summed E-state index contributed by atoms with van der Waals surface area (Å²) in [6, 6.07) is 0. The lowest BCUT2D eigenvalue weighted by Gasteiger charge is -2.07. The Balaban J connectivity index is 3.06. The molecule has 0 unspecified atom stereocenters. The van der Waals surface area contributed by atoms with Crippen molar-refractivity contribution in [3.05, 3.63) is 0 Å². The summed E-state index contributed by atoms with van der Waals surface area (Å²) in [6.07, 6.45) is 1.20. The van der Waals surface area contributed by atoms with Crippen LogP contribution in [0.3, 0.4) is 0 Å². The van der Waals surface area contributed by atoms with E-state index in [-0.39, 0.29) is 6.61 Å². The van der Waals surface area contributed by atoms with E-state index in [4.69, 9.17) is 10.2 Å². The molecule has 0 bridgehead atoms. The van der Waals surface area contributed by atoms with Gasteiger partial charge in [-0.2, -0.15) is 0 Å². The molecule has 0 aliphatic rings. The maximum absolute atomic E-state index is 8.86. The van der Waals surface area contributed by atoms with Crippen molar-refractivity contribution >= 4 is 0 Å². The zero-order chi connectivity index (χ0) is 7.28. The molecule has 0 aromatic carbocycles. The van der Waals surface area contributed by atoms with Gasteiger partial charge in [0.1, 0.15) is 0 Å². The average Bonchev–Trinajstić information content (AvgIpc) is 1.83. The minimum Gasteiger partial charge on any atom is -0.394 e. The highest BCUT2D eigenvalue weighted by Crippen LogP contribution is 2.05. The van der Waals surface area contributed by atoms with Crippen LogP contribution in [0.2, 0.25) is 0 Å². The van der Waals surface area contributed by atoms with Gasteiger partial charge in [-0.25, -0.2) is 0 Å². The number of aliphatic hydroxyl groups excluding tert-OH is 2. The van der Waals surface area contributed by atoms with Crippen LogP contribution >= 0.6 is 0 Å². The topological polar surface area (TPSA) is 40.5 Å². The average molecular weight is 132 g/mol. The number of hydrogen-bond acceptors (Lipinski definition) is 2. The summed E-state index contributed by atoms with van der Waals surface area (Å²) in [7, 11) is 0. The number of aliphatic hydroxyl groups is 2. The smallest absolute Gasteiger partial charge is 0.0771 e. The Kier molecular flexibility index (Phi) is 4.72. The van der Waals surface area contributed by atoms with Crippen molar-refractivity contribution < 1.29 is 10.2 Å². The molecule has 0 aromatic heterocycles. The van der Waals surface area contributed by atoms with Gasteiger partial charge in [0.05, 0.1) is 12.7 Å². The first-order valence-corrected chi connectivity index (χ1v) is 3.45. The fourth-order valence-electron chi connectivity index (χ4n) is 0.617. The van der Waals surface area contributed by atoms with Crippen molar-refractivity contribution in [3.63, 3.8) is 0 Å². The molecular weight excluding hydrogens is 116 g/mol. The third-order valence-corrected chi connectivity index (χ3v) is 1.29. The van der Waals surface area contributed by atoms with Crippen LogP contribution in [0.4, 0.5) is 0 Å². The molecule has 0 aromatic rings. The van der Waals surface area contributed by atoms with Gasteiger partial charge >= 0.3 is 0 Å². The third-order valence-electron chi connectivity index (χ3n) is 1.29. The maximum atomic E-state index is 8.86.